The van der Waals surface area contributed by atoms with Crippen LogP contribution in [0.3, 0.4) is 0 Å². The molecule has 0 aliphatic heterocycles. The minimum atomic E-state index is -0.530. The molecular weight excluding hydrogens is 274 g/mol. The number of amides is 2. The SMILES string of the molecule is C=C(C)C(=O)NCNC(=O)c1nnn(-c2cccn2C)n1. The fourth-order valence-corrected chi connectivity index (χ4v) is 1.50. The van der Waals surface area contributed by atoms with Gasteiger partial charge in [0.2, 0.25) is 5.91 Å². The number of hydrogen-bond donors (Lipinski definition) is 2. The van der Waals surface area contributed by atoms with Crippen LogP contribution in [0, 0.1) is 0 Å². The summed E-state index contributed by atoms with van der Waals surface area (Å²) < 4.78 is 1.79. The Labute approximate surface area is 120 Å². The monoisotopic (exact) mass is 289 g/mol. The van der Waals surface area contributed by atoms with Gasteiger partial charge < -0.3 is 15.2 Å². The molecule has 0 aromatic carbocycles. The molecule has 2 N–H and O–H groups in total. The second kappa shape index (κ2) is 5.99. The Morgan fingerprint density at radius 1 is 1.38 bits per heavy atom. The van der Waals surface area contributed by atoms with Crippen molar-refractivity contribution in [3.8, 4) is 5.82 Å². The van der Waals surface area contributed by atoms with Crippen molar-refractivity contribution in [2.24, 2.45) is 7.05 Å². The van der Waals surface area contributed by atoms with Gasteiger partial charge in [0, 0.05) is 18.8 Å². The van der Waals surface area contributed by atoms with Gasteiger partial charge in [-0.2, -0.15) is 0 Å². The van der Waals surface area contributed by atoms with E-state index in [0.29, 0.717) is 11.4 Å². The van der Waals surface area contributed by atoms with Crippen molar-refractivity contribution >= 4 is 11.8 Å². The molecule has 110 valence electrons. The van der Waals surface area contributed by atoms with E-state index in [4.69, 9.17) is 0 Å². The molecule has 2 rings (SSSR count). The molecule has 0 saturated carbocycles. The summed E-state index contributed by atoms with van der Waals surface area (Å²) in [6, 6.07) is 3.61. The standard InChI is InChI=1S/C12H15N7O2/c1-8(2)11(20)13-7-14-12(21)10-15-17-19(16-10)9-5-4-6-18(9)3/h4-6H,1,7H2,2-3H3,(H,13,20)(H,14,21). The number of aromatic nitrogens is 5. The minimum Gasteiger partial charge on any atom is -0.335 e. The summed E-state index contributed by atoms with van der Waals surface area (Å²) in [7, 11) is 1.82. The van der Waals surface area contributed by atoms with E-state index in [1.54, 1.807) is 17.6 Å². The quantitative estimate of drug-likeness (QED) is 0.563. The summed E-state index contributed by atoms with van der Waals surface area (Å²) in [5.74, 6) is -0.272. The van der Waals surface area contributed by atoms with E-state index in [1.165, 1.54) is 4.80 Å². The minimum absolute atomic E-state index is 0.0385. The molecule has 0 aliphatic carbocycles. The first kappa shape index (κ1) is 14.4. The van der Waals surface area contributed by atoms with Gasteiger partial charge >= 0.3 is 0 Å². The predicted octanol–water partition coefficient (Wildman–Crippen LogP) is -0.620. The van der Waals surface area contributed by atoms with E-state index in [9.17, 15) is 9.59 Å². The van der Waals surface area contributed by atoms with Crippen LogP contribution in [0.25, 0.3) is 5.82 Å². The van der Waals surface area contributed by atoms with Crippen LogP contribution in [0.1, 0.15) is 17.5 Å². The number of rotatable bonds is 5. The zero-order valence-electron chi connectivity index (χ0n) is 11.7. The Morgan fingerprint density at radius 3 is 2.76 bits per heavy atom. The van der Waals surface area contributed by atoms with Crippen molar-refractivity contribution in [3.05, 3.63) is 36.3 Å². The molecule has 9 nitrogen and oxygen atoms in total. The van der Waals surface area contributed by atoms with Gasteiger partial charge in [-0.1, -0.05) is 6.58 Å². The summed E-state index contributed by atoms with van der Waals surface area (Å²) in [5.41, 5.74) is 0.358. The molecule has 2 amide bonds. The lowest BCUT2D eigenvalue weighted by Crippen LogP contribution is -2.37. The van der Waals surface area contributed by atoms with Crippen molar-refractivity contribution in [1.82, 2.24) is 35.4 Å². The third-order valence-corrected chi connectivity index (χ3v) is 2.62. The normalized spacial score (nSPS) is 10.2. The van der Waals surface area contributed by atoms with Crippen LogP contribution in [0.5, 0.6) is 0 Å². The van der Waals surface area contributed by atoms with Crippen LogP contribution in [-0.4, -0.2) is 43.3 Å². The van der Waals surface area contributed by atoms with Gasteiger partial charge in [-0.05, 0) is 24.3 Å². The highest BCUT2D eigenvalue weighted by Crippen LogP contribution is 2.03. The van der Waals surface area contributed by atoms with E-state index < -0.39 is 5.91 Å². The highest BCUT2D eigenvalue weighted by Gasteiger charge is 2.14. The second-order valence-corrected chi connectivity index (χ2v) is 4.35. The van der Waals surface area contributed by atoms with E-state index >= 15 is 0 Å². The lowest BCUT2D eigenvalue weighted by atomic mass is 10.3. The Morgan fingerprint density at radius 2 is 2.14 bits per heavy atom. The Kier molecular flexibility index (Phi) is 4.12. The van der Waals surface area contributed by atoms with E-state index in [1.807, 2.05) is 19.3 Å². The summed E-state index contributed by atoms with van der Waals surface area (Å²) in [4.78, 5) is 24.3. The van der Waals surface area contributed by atoms with Gasteiger partial charge in [-0.25, -0.2) is 0 Å². The largest absolute Gasteiger partial charge is 0.335 e. The van der Waals surface area contributed by atoms with E-state index in [2.05, 4.69) is 32.6 Å². The van der Waals surface area contributed by atoms with Crippen LogP contribution in [0.4, 0.5) is 0 Å². The van der Waals surface area contributed by atoms with Gasteiger partial charge in [0.25, 0.3) is 11.7 Å². The average molecular weight is 289 g/mol. The van der Waals surface area contributed by atoms with Crippen LogP contribution in [0.15, 0.2) is 30.5 Å². The van der Waals surface area contributed by atoms with Gasteiger partial charge in [0.05, 0.1) is 6.67 Å². The molecule has 0 radical (unpaired) electrons. The summed E-state index contributed by atoms with van der Waals surface area (Å²) >= 11 is 0. The van der Waals surface area contributed by atoms with Crippen LogP contribution in [-0.2, 0) is 11.8 Å². The number of aryl methyl sites for hydroxylation is 1. The molecule has 9 heteroatoms. The summed E-state index contributed by atoms with van der Waals surface area (Å²) in [6.07, 6.45) is 1.82. The lowest BCUT2D eigenvalue weighted by molar-refractivity contribution is -0.117. The average Bonchev–Trinajstić information content (AvgIpc) is 3.06. The number of hydrogen-bond acceptors (Lipinski definition) is 5. The van der Waals surface area contributed by atoms with E-state index in [-0.39, 0.29) is 18.4 Å². The second-order valence-electron chi connectivity index (χ2n) is 4.35. The van der Waals surface area contributed by atoms with Crippen molar-refractivity contribution in [1.29, 1.82) is 0 Å². The molecule has 0 spiro atoms. The van der Waals surface area contributed by atoms with Crippen molar-refractivity contribution in [3.63, 3.8) is 0 Å². The van der Waals surface area contributed by atoms with Crippen molar-refractivity contribution < 1.29 is 9.59 Å². The highest BCUT2D eigenvalue weighted by atomic mass is 16.2. The first-order valence-electron chi connectivity index (χ1n) is 6.12. The third-order valence-electron chi connectivity index (χ3n) is 2.62. The number of nitrogens with zero attached hydrogens (tertiary/aromatic N) is 5. The number of carbonyl (C=O) groups excluding carboxylic acids is 2. The smallest absolute Gasteiger partial charge is 0.294 e. The topological polar surface area (TPSA) is 107 Å². The van der Waals surface area contributed by atoms with Crippen LogP contribution >= 0.6 is 0 Å². The third kappa shape index (κ3) is 3.32. The predicted molar refractivity (Wildman–Crippen MR) is 73.4 cm³/mol. The Bertz CT molecular complexity index is 685. The molecular formula is C12H15N7O2. The first-order chi connectivity index (χ1) is 9.99. The van der Waals surface area contributed by atoms with Gasteiger partial charge in [-0.15, -0.1) is 15.0 Å². The molecule has 0 aliphatic rings. The van der Waals surface area contributed by atoms with Crippen LogP contribution in [0.2, 0.25) is 0 Å². The number of nitrogens with one attached hydrogen (secondary N) is 2. The van der Waals surface area contributed by atoms with Gasteiger partial charge in [0.15, 0.2) is 5.82 Å². The molecule has 0 fully saturated rings. The van der Waals surface area contributed by atoms with Crippen molar-refractivity contribution in [2.45, 2.75) is 6.92 Å². The molecule has 2 aromatic heterocycles. The van der Waals surface area contributed by atoms with Gasteiger partial charge in [-0.3, -0.25) is 9.59 Å². The number of carbonyl (C=O) groups is 2. The van der Waals surface area contributed by atoms with E-state index in [0.717, 1.165) is 0 Å². The number of tetrazole rings is 1. The van der Waals surface area contributed by atoms with Crippen LogP contribution < -0.4 is 10.6 Å². The molecule has 0 atom stereocenters. The maximum atomic E-state index is 11.8. The molecule has 21 heavy (non-hydrogen) atoms. The van der Waals surface area contributed by atoms with Gasteiger partial charge in [0.1, 0.15) is 0 Å². The first-order valence-corrected chi connectivity index (χ1v) is 6.12. The molecule has 2 aromatic rings. The Hall–Kier alpha value is -2.97. The molecule has 0 bridgehead atoms. The zero-order valence-corrected chi connectivity index (χ0v) is 11.7. The zero-order chi connectivity index (χ0) is 15.4. The molecule has 0 saturated heterocycles. The Balaban J connectivity index is 1.95. The van der Waals surface area contributed by atoms with Crippen molar-refractivity contribution in [2.75, 3.05) is 6.67 Å². The highest BCUT2D eigenvalue weighted by molar-refractivity contribution is 5.93. The molecule has 0 unspecified atom stereocenters. The molecule has 2 heterocycles. The summed E-state index contributed by atoms with van der Waals surface area (Å²) in [6.45, 7) is 5.02. The summed E-state index contributed by atoms with van der Waals surface area (Å²) in [5, 5.41) is 16.4. The lowest BCUT2D eigenvalue weighted by Gasteiger charge is -2.04. The maximum absolute atomic E-state index is 11.8. The fourth-order valence-electron chi connectivity index (χ4n) is 1.50. The fraction of sp³-hybridized carbons (Fsp3) is 0.250. The maximum Gasteiger partial charge on any atom is 0.294 e.